The van der Waals surface area contributed by atoms with Gasteiger partial charge in [-0.2, -0.15) is 5.10 Å². The van der Waals surface area contributed by atoms with Crippen molar-refractivity contribution in [2.75, 3.05) is 0 Å². The summed E-state index contributed by atoms with van der Waals surface area (Å²) < 4.78 is 22.2. The Hall–Kier alpha value is -2.51. The van der Waals surface area contributed by atoms with E-state index in [0.29, 0.717) is 0 Å². The number of sulfonamides is 1. The summed E-state index contributed by atoms with van der Waals surface area (Å²) >= 11 is 0. The average molecular weight is 317 g/mol. The van der Waals surface area contributed by atoms with E-state index < -0.39 is 15.9 Å². The number of hydrogen-bond donors (Lipinski definition) is 2. The predicted molar refractivity (Wildman–Crippen MR) is 84.1 cm³/mol. The molecule has 0 heterocycles. The molecule has 0 radical (unpaired) electrons. The van der Waals surface area contributed by atoms with Crippen molar-refractivity contribution in [3.8, 4) is 0 Å². The summed E-state index contributed by atoms with van der Waals surface area (Å²) in [5.41, 5.74) is 4.65. The highest BCUT2D eigenvalue weighted by atomic mass is 32.2. The molecule has 0 saturated carbocycles. The Morgan fingerprint density at radius 3 is 2.23 bits per heavy atom. The Morgan fingerprint density at radius 1 is 1.09 bits per heavy atom. The zero-order valence-electron chi connectivity index (χ0n) is 11.9. The van der Waals surface area contributed by atoms with Crippen LogP contribution in [-0.4, -0.2) is 20.5 Å². The number of nitrogens with one attached hydrogen (secondary N) is 1. The third-order valence-corrected chi connectivity index (χ3v) is 3.83. The highest BCUT2D eigenvalue weighted by Crippen LogP contribution is 2.08. The summed E-state index contributed by atoms with van der Waals surface area (Å²) in [6.45, 7) is 1.98. The van der Waals surface area contributed by atoms with Crippen LogP contribution in [0, 0.1) is 6.92 Å². The lowest BCUT2D eigenvalue weighted by Crippen LogP contribution is -2.18. The maximum Gasteiger partial charge on any atom is 0.271 e. The third-order valence-electron chi connectivity index (χ3n) is 2.90. The minimum Gasteiger partial charge on any atom is -0.267 e. The first-order valence-corrected chi connectivity index (χ1v) is 7.94. The fraction of sp³-hybridized carbons (Fsp3) is 0.0667. The van der Waals surface area contributed by atoms with E-state index in [4.69, 9.17) is 5.14 Å². The van der Waals surface area contributed by atoms with Gasteiger partial charge in [0.2, 0.25) is 10.0 Å². The van der Waals surface area contributed by atoms with Crippen LogP contribution in [0.4, 0.5) is 0 Å². The van der Waals surface area contributed by atoms with E-state index in [1.165, 1.54) is 30.5 Å². The number of primary sulfonamides is 1. The largest absolute Gasteiger partial charge is 0.271 e. The Kier molecular flexibility index (Phi) is 4.69. The van der Waals surface area contributed by atoms with E-state index in [-0.39, 0.29) is 10.5 Å². The number of hydrogen-bond acceptors (Lipinski definition) is 4. The standard InChI is InChI=1S/C15H15N3O3S/c1-11-2-4-12(5-3-11)10-17-18-15(19)13-6-8-14(9-7-13)22(16,20)21/h2-10H,1H3,(H,18,19)(H2,16,20,21)/b17-10+. The van der Waals surface area contributed by atoms with Crippen LogP contribution in [0.5, 0.6) is 0 Å². The summed E-state index contributed by atoms with van der Waals surface area (Å²) in [6, 6.07) is 12.9. The number of carbonyl (C=O) groups excluding carboxylic acids is 1. The first kappa shape index (κ1) is 15.9. The molecule has 0 saturated heterocycles. The van der Waals surface area contributed by atoms with Gasteiger partial charge < -0.3 is 0 Å². The molecular formula is C15H15N3O3S. The molecule has 0 aliphatic heterocycles. The van der Waals surface area contributed by atoms with Gasteiger partial charge >= 0.3 is 0 Å². The minimum absolute atomic E-state index is 0.0489. The Morgan fingerprint density at radius 2 is 1.68 bits per heavy atom. The second-order valence-electron chi connectivity index (χ2n) is 4.68. The molecule has 3 N–H and O–H groups in total. The van der Waals surface area contributed by atoms with Crippen molar-refractivity contribution in [2.45, 2.75) is 11.8 Å². The number of amides is 1. The van der Waals surface area contributed by atoms with E-state index in [9.17, 15) is 13.2 Å². The van der Waals surface area contributed by atoms with Gasteiger partial charge in [0.1, 0.15) is 0 Å². The van der Waals surface area contributed by atoms with Crippen LogP contribution in [0.15, 0.2) is 58.5 Å². The van der Waals surface area contributed by atoms with Crippen molar-refractivity contribution >= 4 is 22.1 Å². The van der Waals surface area contributed by atoms with Gasteiger partial charge in [0.25, 0.3) is 5.91 Å². The molecule has 0 aliphatic rings. The van der Waals surface area contributed by atoms with Gasteiger partial charge in [0.15, 0.2) is 0 Å². The van der Waals surface area contributed by atoms with Gasteiger partial charge in [0, 0.05) is 5.56 Å². The lowest BCUT2D eigenvalue weighted by Gasteiger charge is -2.01. The van der Waals surface area contributed by atoms with Crippen molar-refractivity contribution in [1.29, 1.82) is 0 Å². The number of benzene rings is 2. The van der Waals surface area contributed by atoms with Crippen molar-refractivity contribution in [1.82, 2.24) is 5.43 Å². The van der Waals surface area contributed by atoms with Crippen LogP contribution in [0.25, 0.3) is 0 Å². The van der Waals surface area contributed by atoms with Crippen LogP contribution in [0.3, 0.4) is 0 Å². The lowest BCUT2D eigenvalue weighted by atomic mass is 10.2. The van der Waals surface area contributed by atoms with Gasteiger partial charge in [-0.3, -0.25) is 4.79 Å². The van der Waals surface area contributed by atoms with Crippen molar-refractivity contribution in [3.05, 3.63) is 65.2 Å². The van der Waals surface area contributed by atoms with Crippen LogP contribution in [0.2, 0.25) is 0 Å². The van der Waals surface area contributed by atoms with Crippen molar-refractivity contribution < 1.29 is 13.2 Å². The van der Waals surface area contributed by atoms with Crippen LogP contribution in [-0.2, 0) is 10.0 Å². The lowest BCUT2D eigenvalue weighted by molar-refractivity contribution is 0.0955. The maximum absolute atomic E-state index is 11.8. The quantitative estimate of drug-likeness (QED) is 0.658. The van der Waals surface area contributed by atoms with Crippen LogP contribution < -0.4 is 10.6 Å². The SMILES string of the molecule is Cc1ccc(/C=N/NC(=O)c2ccc(S(N)(=O)=O)cc2)cc1. The molecule has 7 heteroatoms. The fourth-order valence-electron chi connectivity index (χ4n) is 1.68. The Balaban J connectivity index is 2.02. The summed E-state index contributed by atoms with van der Waals surface area (Å²) in [5.74, 6) is -0.440. The molecule has 0 atom stereocenters. The number of nitrogens with two attached hydrogens (primary N) is 1. The monoisotopic (exact) mass is 317 g/mol. The summed E-state index contributed by atoms with van der Waals surface area (Å²) in [6.07, 6.45) is 1.52. The minimum atomic E-state index is -3.76. The van der Waals surface area contributed by atoms with Gasteiger partial charge in [0.05, 0.1) is 11.1 Å². The normalized spacial score (nSPS) is 11.5. The number of nitrogens with zero attached hydrogens (tertiary/aromatic N) is 1. The molecular weight excluding hydrogens is 302 g/mol. The second-order valence-corrected chi connectivity index (χ2v) is 6.24. The molecule has 22 heavy (non-hydrogen) atoms. The Bertz CT molecular complexity index is 795. The van der Waals surface area contributed by atoms with Crippen molar-refractivity contribution in [2.24, 2.45) is 10.2 Å². The van der Waals surface area contributed by atoms with E-state index in [1.54, 1.807) is 0 Å². The molecule has 0 unspecified atom stereocenters. The molecule has 2 aromatic carbocycles. The number of rotatable bonds is 4. The molecule has 6 nitrogen and oxygen atoms in total. The van der Waals surface area contributed by atoms with E-state index >= 15 is 0 Å². The smallest absolute Gasteiger partial charge is 0.267 e. The topological polar surface area (TPSA) is 102 Å². The highest BCUT2D eigenvalue weighted by molar-refractivity contribution is 7.89. The van der Waals surface area contributed by atoms with Gasteiger partial charge in [-0.25, -0.2) is 19.0 Å². The summed E-state index contributed by atoms with van der Waals surface area (Å²) in [5, 5.41) is 8.84. The van der Waals surface area contributed by atoms with Gasteiger partial charge in [-0.15, -0.1) is 0 Å². The molecule has 2 aromatic rings. The number of carbonyl (C=O) groups is 1. The molecule has 0 spiro atoms. The molecule has 0 fully saturated rings. The van der Waals surface area contributed by atoms with E-state index in [0.717, 1.165) is 11.1 Å². The van der Waals surface area contributed by atoms with Crippen LogP contribution >= 0.6 is 0 Å². The van der Waals surface area contributed by atoms with E-state index in [2.05, 4.69) is 10.5 Å². The highest BCUT2D eigenvalue weighted by Gasteiger charge is 2.09. The first-order valence-electron chi connectivity index (χ1n) is 6.39. The average Bonchev–Trinajstić information content (AvgIpc) is 2.48. The first-order chi connectivity index (χ1) is 10.4. The predicted octanol–water partition coefficient (Wildman–Crippen LogP) is 1.41. The van der Waals surface area contributed by atoms with E-state index in [1.807, 2.05) is 31.2 Å². The molecule has 0 aliphatic carbocycles. The van der Waals surface area contributed by atoms with Gasteiger partial charge in [-0.05, 0) is 36.8 Å². The van der Waals surface area contributed by atoms with Crippen LogP contribution in [0.1, 0.15) is 21.5 Å². The van der Waals surface area contributed by atoms with Gasteiger partial charge in [-0.1, -0.05) is 29.8 Å². The molecule has 0 aromatic heterocycles. The second kappa shape index (κ2) is 6.50. The fourth-order valence-corrected chi connectivity index (χ4v) is 2.19. The van der Waals surface area contributed by atoms with Crippen molar-refractivity contribution in [3.63, 3.8) is 0 Å². The molecule has 114 valence electrons. The maximum atomic E-state index is 11.8. The number of aryl methyl sites for hydroxylation is 1. The zero-order valence-corrected chi connectivity index (χ0v) is 12.7. The number of hydrazone groups is 1. The zero-order chi connectivity index (χ0) is 16.2. The molecule has 2 rings (SSSR count). The molecule has 1 amide bonds. The Labute approximate surface area is 128 Å². The summed E-state index contributed by atoms with van der Waals surface area (Å²) in [7, 11) is -3.76. The third kappa shape index (κ3) is 4.24. The summed E-state index contributed by atoms with van der Waals surface area (Å²) in [4.78, 5) is 11.8. The molecule has 0 bridgehead atoms.